The van der Waals surface area contributed by atoms with E-state index in [9.17, 15) is 14.4 Å². The van der Waals surface area contributed by atoms with Crippen LogP contribution in [0.2, 0.25) is 0 Å². The smallest absolute Gasteiger partial charge is 0.293 e. The molecule has 3 rings (SSSR count). The second-order valence-electron chi connectivity index (χ2n) is 4.59. The zero-order chi connectivity index (χ0) is 13.6. The standard InChI is InChI=1S/C13H13N3O3/c1-14-9-5-2-3-6-10(9)15(13(14)19)16-11(17)7-4-8-12(16)18/h2-3,5-6H,4,7-8H2,1H3. The van der Waals surface area contributed by atoms with Gasteiger partial charge in [-0.3, -0.25) is 14.2 Å². The Morgan fingerprint density at radius 2 is 1.53 bits per heavy atom. The molecule has 2 aromatic rings. The highest BCUT2D eigenvalue weighted by Gasteiger charge is 2.30. The highest BCUT2D eigenvalue weighted by atomic mass is 16.2. The van der Waals surface area contributed by atoms with Crippen molar-refractivity contribution in [3.8, 4) is 0 Å². The molecule has 0 aliphatic carbocycles. The van der Waals surface area contributed by atoms with Gasteiger partial charge in [-0.05, 0) is 18.6 Å². The third-order valence-corrected chi connectivity index (χ3v) is 3.39. The lowest BCUT2D eigenvalue weighted by molar-refractivity contribution is -0.131. The highest BCUT2D eigenvalue weighted by molar-refractivity contribution is 6.10. The lowest BCUT2D eigenvalue weighted by Crippen LogP contribution is -2.52. The van der Waals surface area contributed by atoms with E-state index in [-0.39, 0.29) is 17.5 Å². The fourth-order valence-electron chi connectivity index (χ4n) is 2.43. The number of amides is 2. The number of imidazole rings is 1. The summed E-state index contributed by atoms with van der Waals surface area (Å²) < 4.78 is 2.61. The van der Waals surface area contributed by atoms with Crippen molar-refractivity contribution in [1.82, 2.24) is 9.24 Å². The molecular formula is C13H13N3O3. The lowest BCUT2D eigenvalue weighted by atomic mass is 10.1. The number of piperidine rings is 1. The number of nitrogens with zero attached hydrogens (tertiary/aromatic N) is 3. The molecule has 1 aliphatic heterocycles. The van der Waals surface area contributed by atoms with Crippen molar-refractivity contribution in [3.63, 3.8) is 0 Å². The first-order chi connectivity index (χ1) is 9.11. The van der Waals surface area contributed by atoms with Gasteiger partial charge >= 0.3 is 5.69 Å². The van der Waals surface area contributed by atoms with Crippen molar-refractivity contribution < 1.29 is 9.59 Å². The Bertz CT molecular complexity index is 725. The summed E-state index contributed by atoms with van der Waals surface area (Å²) in [5.41, 5.74) is 0.877. The van der Waals surface area contributed by atoms with Crippen LogP contribution in [0.25, 0.3) is 11.0 Å². The molecule has 1 aromatic carbocycles. The number of imide groups is 1. The molecule has 0 bridgehead atoms. The molecule has 19 heavy (non-hydrogen) atoms. The summed E-state index contributed by atoms with van der Waals surface area (Å²) >= 11 is 0. The molecule has 6 nitrogen and oxygen atoms in total. The summed E-state index contributed by atoms with van der Waals surface area (Å²) in [5.74, 6) is -0.649. The van der Waals surface area contributed by atoms with E-state index in [0.29, 0.717) is 30.3 Å². The van der Waals surface area contributed by atoms with Gasteiger partial charge in [0.15, 0.2) is 0 Å². The number of fused-ring (bicyclic) bond motifs is 1. The summed E-state index contributed by atoms with van der Waals surface area (Å²) in [6.07, 6.45) is 1.14. The molecule has 1 saturated heterocycles. The predicted molar refractivity (Wildman–Crippen MR) is 69.3 cm³/mol. The average Bonchev–Trinajstić information content (AvgIpc) is 2.64. The second-order valence-corrected chi connectivity index (χ2v) is 4.59. The SMILES string of the molecule is Cn1c(=O)n(N2C(=O)CCCC2=O)c2ccccc21. The molecule has 0 saturated carbocycles. The minimum atomic E-state index is -0.384. The Hall–Kier alpha value is -2.37. The van der Waals surface area contributed by atoms with Gasteiger partial charge in [-0.15, -0.1) is 0 Å². The maximum atomic E-state index is 12.3. The maximum Gasteiger partial charge on any atom is 0.348 e. The molecule has 2 amide bonds. The largest absolute Gasteiger partial charge is 0.348 e. The van der Waals surface area contributed by atoms with Crippen LogP contribution in [0, 0.1) is 0 Å². The van der Waals surface area contributed by atoms with Gasteiger partial charge in [0.1, 0.15) is 0 Å². The Morgan fingerprint density at radius 1 is 0.947 bits per heavy atom. The number of carbonyl (C=O) groups is 2. The van der Waals surface area contributed by atoms with Crippen LogP contribution in [0.15, 0.2) is 29.1 Å². The third kappa shape index (κ3) is 1.60. The van der Waals surface area contributed by atoms with E-state index in [2.05, 4.69) is 0 Å². The fourth-order valence-corrected chi connectivity index (χ4v) is 2.43. The van der Waals surface area contributed by atoms with E-state index >= 15 is 0 Å². The molecule has 0 N–H and O–H groups in total. The minimum absolute atomic E-state index is 0.293. The summed E-state index contributed by atoms with van der Waals surface area (Å²) in [6.45, 7) is 0. The van der Waals surface area contributed by atoms with E-state index in [1.54, 1.807) is 25.2 Å². The highest BCUT2D eigenvalue weighted by Crippen LogP contribution is 2.16. The van der Waals surface area contributed by atoms with Crippen LogP contribution >= 0.6 is 0 Å². The van der Waals surface area contributed by atoms with Crippen molar-refractivity contribution in [2.45, 2.75) is 19.3 Å². The van der Waals surface area contributed by atoms with Crippen molar-refractivity contribution in [2.75, 3.05) is 5.01 Å². The first kappa shape index (κ1) is 11.7. The summed E-state index contributed by atoms with van der Waals surface area (Å²) in [4.78, 5) is 36.2. The van der Waals surface area contributed by atoms with Gasteiger partial charge in [-0.25, -0.2) is 4.79 Å². The van der Waals surface area contributed by atoms with Gasteiger partial charge in [-0.2, -0.15) is 9.69 Å². The maximum absolute atomic E-state index is 12.3. The molecule has 6 heteroatoms. The van der Waals surface area contributed by atoms with Crippen LogP contribution in [-0.2, 0) is 16.6 Å². The number of aromatic nitrogens is 2. The van der Waals surface area contributed by atoms with Gasteiger partial charge in [0.25, 0.3) is 0 Å². The van der Waals surface area contributed by atoms with Gasteiger partial charge in [0, 0.05) is 19.9 Å². The van der Waals surface area contributed by atoms with E-state index < -0.39 is 0 Å². The van der Waals surface area contributed by atoms with Gasteiger partial charge in [0.05, 0.1) is 11.0 Å². The summed E-state index contributed by atoms with van der Waals surface area (Å²) in [6, 6.07) is 7.10. The zero-order valence-electron chi connectivity index (χ0n) is 10.5. The number of aryl methyl sites for hydroxylation is 1. The molecule has 1 aliphatic rings. The predicted octanol–water partition coefficient (Wildman–Crippen LogP) is 0.515. The Kier molecular flexibility index (Phi) is 2.51. The van der Waals surface area contributed by atoms with Crippen molar-refractivity contribution >= 4 is 22.8 Å². The van der Waals surface area contributed by atoms with Crippen LogP contribution < -0.4 is 10.7 Å². The average molecular weight is 259 g/mol. The second kappa shape index (κ2) is 4.08. The van der Waals surface area contributed by atoms with E-state index in [0.717, 1.165) is 5.01 Å². The first-order valence-electron chi connectivity index (χ1n) is 6.14. The van der Waals surface area contributed by atoms with Crippen molar-refractivity contribution in [3.05, 3.63) is 34.7 Å². The van der Waals surface area contributed by atoms with E-state index in [1.165, 1.54) is 9.24 Å². The Labute approximate surface area is 108 Å². The van der Waals surface area contributed by atoms with Gasteiger partial charge in [-0.1, -0.05) is 12.1 Å². The summed E-state index contributed by atoms with van der Waals surface area (Å²) in [5, 5.41) is 0.980. The Balaban J connectivity index is 2.30. The third-order valence-electron chi connectivity index (χ3n) is 3.39. The van der Waals surface area contributed by atoms with E-state index in [4.69, 9.17) is 0 Å². The topological polar surface area (TPSA) is 64.3 Å². The molecule has 0 atom stereocenters. The first-order valence-corrected chi connectivity index (χ1v) is 6.14. The van der Waals surface area contributed by atoms with Crippen molar-refractivity contribution in [2.24, 2.45) is 7.05 Å². The fraction of sp³-hybridized carbons (Fsp3) is 0.308. The number of para-hydroxylation sites is 2. The zero-order valence-corrected chi connectivity index (χ0v) is 10.5. The molecular weight excluding hydrogens is 246 g/mol. The van der Waals surface area contributed by atoms with Crippen LogP contribution in [-0.4, -0.2) is 21.1 Å². The molecule has 2 heterocycles. The minimum Gasteiger partial charge on any atom is -0.293 e. The van der Waals surface area contributed by atoms with Crippen LogP contribution in [0.5, 0.6) is 0 Å². The number of rotatable bonds is 1. The molecule has 98 valence electrons. The lowest BCUT2D eigenvalue weighted by Gasteiger charge is -2.24. The van der Waals surface area contributed by atoms with Crippen molar-refractivity contribution in [1.29, 1.82) is 0 Å². The molecule has 1 aromatic heterocycles. The number of carbonyl (C=O) groups excluding carboxylic acids is 2. The normalized spacial score (nSPS) is 16.4. The van der Waals surface area contributed by atoms with Crippen LogP contribution in [0.1, 0.15) is 19.3 Å². The number of benzene rings is 1. The van der Waals surface area contributed by atoms with Crippen LogP contribution in [0.4, 0.5) is 0 Å². The number of hydrogen-bond donors (Lipinski definition) is 0. The van der Waals surface area contributed by atoms with Gasteiger partial charge in [0.2, 0.25) is 11.8 Å². The molecule has 0 radical (unpaired) electrons. The molecule has 0 spiro atoms. The monoisotopic (exact) mass is 259 g/mol. The van der Waals surface area contributed by atoms with Gasteiger partial charge < -0.3 is 0 Å². The molecule has 0 unspecified atom stereocenters. The van der Waals surface area contributed by atoms with E-state index in [1.807, 2.05) is 6.07 Å². The number of hydrogen-bond acceptors (Lipinski definition) is 3. The van der Waals surface area contributed by atoms with Crippen LogP contribution in [0.3, 0.4) is 0 Å². The molecule has 1 fully saturated rings. The Morgan fingerprint density at radius 3 is 2.16 bits per heavy atom. The quantitative estimate of drug-likeness (QED) is 0.701. The summed E-state index contributed by atoms with van der Waals surface area (Å²) in [7, 11) is 1.63.